The molecule has 0 spiro atoms. The first-order chi connectivity index (χ1) is 10.8. The standard InChI is InChI=1S/C17H24BFO4/c1-16(2)17(3,4)23-18(22-16)13-9-8-12(11-14(13)19)21-15-7-5-6-10-20-15/h8-9,11,15H,5-7,10H2,1-4H3. The molecule has 126 valence electrons. The molecule has 4 nitrogen and oxygen atoms in total. The zero-order chi connectivity index (χ0) is 16.7. The lowest BCUT2D eigenvalue weighted by molar-refractivity contribution is -0.106. The molecule has 1 aromatic rings. The van der Waals surface area contributed by atoms with Crippen LogP contribution in [0, 0.1) is 5.82 Å². The third kappa shape index (κ3) is 3.39. The fourth-order valence-corrected chi connectivity index (χ4v) is 2.70. The minimum absolute atomic E-state index is 0.286. The second kappa shape index (κ2) is 6.08. The first-order valence-electron chi connectivity index (χ1n) is 8.22. The van der Waals surface area contributed by atoms with Gasteiger partial charge in [-0.3, -0.25) is 0 Å². The van der Waals surface area contributed by atoms with E-state index in [-0.39, 0.29) is 6.29 Å². The lowest BCUT2D eigenvalue weighted by Gasteiger charge is -2.32. The Morgan fingerprint density at radius 3 is 2.39 bits per heavy atom. The van der Waals surface area contributed by atoms with Gasteiger partial charge in [-0.2, -0.15) is 0 Å². The molecule has 2 heterocycles. The van der Waals surface area contributed by atoms with Gasteiger partial charge in [0.25, 0.3) is 0 Å². The van der Waals surface area contributed by atoms with Crippen molar-refractivity contribution in [2.45, 2.75) is 64.4 Å². The van der Waals surface area contributed by atoms with E-state index in [9.17, 15) is 4.39 Å². The summed E-state index contributed by atoms with van der Waals surface area (Å²) in [5, 5.41) is 0. The molecular formula is C17H24BFO4. The van der Waals surface area contributed by atoms with Crippen LogP contribution in [0.3, 0.4) is 0 Å². The molecule has 2 aliphatic rings. The molecule has 0 aliphatic carbocycles. The van der Waals surface area contributed by atoms with E-state index in [1.165, 1.54) is 6.07 Å². The van der Waals surface area contributed by atoms with Gasteiger partial charge in [-0.15, -0.1) is 0 Å². The monoisotopic (exact) mass is 322 g/mol. The summed E-state index contributed by atoms with van der Waals surface area (Å²) in [5.74, 6) is 0.0754. The van der Waals surface area contributed by atoms with Crippen molar-refractivity contribution in [3.8, 4) is 5.75 Å². The Kier molecular flexibility index (Phi) is 4.42. The number of ether oxygens (including phenoxy) is 2. The summed E-state index contributed by atoms with van der Waals surface area (Å²) >= 11 is 0. The normalized spacial score (nSPS) is 26.3. The Balaban J connectivity index is 1.72. The number of hydrogen-bond acceptors (Lipinski definition) is 4. The van der Waals surface area contributed by atoms with Crippen LogP contribution >= 0.6 is 0 Å². The summed E-state index contributed by atoms with van der Waals surface area (Å²) in [5.41, 5.74) is -0.592. The maximum atomic E-state index is 14.5. The highest BCUT2D eigenvalue weighted by Gasteiger charge is 2.52. The Hall–Kier alpha value is -1.11. The Morgan fingerprint density at radius 1 is 1.13 bits per heavy atom. The van der Waals surface area contributed by atoms with Gasteiger partial charge in [0, 0.05) is 17.9 Å². The van der Waals surface area contributed by atoms with Crippen molar-refractivity contribution in [3.63, 3.8) is 0 Å². The summed E-state index contributed by atoms with van der Waals surface area (Å²) in [6.45, 7) is 8.48. The molecule has 2 saturated heterocycles. The number of halogens is 1. The van der Waals surface area contributed by atoms with Gasteiger partial charge in [-0.25, -0.2) is 4.39 Å². The van der Waals surface area contributed by atoms with Gasteiger partial charge >= 0.3 is 7.12 Å². The van der Waals surface area contributed by atoms with Crippen LogP contribution in [-0.4, -0.2) is 31.2 Å². The molecule has 0 saturated carbocycles. The second-order valence-electron chi connectivity index (χ2n) is 7.19. The van der Waals surface area contributed by atoms with Crippen molar-refractivity contribution < 1.29 is 23.2 Å². The molecule has 0 N–H and O–H groups in total. The maximum absolute atomic E-state index is 14.5. The molecule has 2 fully saturated rings. The zero-order valence-corrected chi connectivity index (χ0v) is 14.2. The summed E-state index contributed by atoms with van der Waals surface area (Å²) in [6.07, 6.45) is 2.67. The maximum Gasteiger partial charge on any atom is 0.497 e. The smallest absolute Gasteiger partial charge is 0.465 e. The molecule has 23 heavy (non-hydrogen) atoms. The van der Waals surface area contributed by atoms with Gasteiger partial charge in [0.1, 0.15) is 11.6 Å². The lowest BCUT2D eigenvalue weighted by atomic mass is 9.78. The van der Waals surface area contributed by atoms with Crippen LogP contribution in [0.2, 0.25) is 0 Å². The molecular weight excluding hydrogens is 298 g/mol. The van der Waals surface area contributed by atoms with Gasteiger partial charge in [-0.05, 0) is 46.6 Å². The zero-order valence-electron chi connectivity index (χ0n) is 14.2. The van der Waals surface area contributed by atoms with Crippen LogP contribution in [0.25, 0.3) is 0 Å². The van der Waals surface area contributed by atoms with E-state index >= 15 is 0 Å². The van der Waals surface area contributed by atoms with Crippen LogP contribution in [0.5, 0.6) is 5.75 Å². The molecule has 3 rings (SSSR count). The average molecular weight is 322 g/mol. The van der Waals surface area contributed by atoms with E-state index in [0.717, 1.165) is 19.3 Å². The van der Waals surface area contributed by atoms with Crippen molar-refractivity contribution in [1.82, 2.24) is 0 Å². The summed E-state index contributed by atoms with van der Waals surface area (Å²) in [6, 6.07) is 4.77. The van der Waals surface area contributed by atoms with Crippen molar-refractivity contribution in [1.29, 1.82) is 0 Å². The van der Waals surface area contributed by atoms with E-state index in [4.69, 9.17) is 18.8 Å². The van der Waals surface area contributed by atoms with Gasteiger partial charge in [-0.1, -0.05) is 6.07 Å². The van der Waals surface area contributed by atoms with Gasteiger partial charge in [0.15, 0.2) is 6.29 Å². The fraction of sp³-hybridized carbons (Fsp3) is 0.647. The van der Waals surface area contributed by atoms with E-state index < -0.39 is 24.1 Å². The van der Waals surface area contributed by atoms with Crippen LogP contribution in [0.1, 0.15) is 47.0 Å². The van der Waals surface area contributed by atoms with E-state index in [1.807, 2.05) is 27.7 Å². The lowest BCUT2D eigenvalue weighted by Crippen LogP contribution is -2.41. The van der Waals surface area contributed by atoms with E-state index in [0.29, 0.717) is 17.8 Å². The van der Waals surface area contributed by atoms with Gasteiger partial charge < -0.3 is 18.8 Å². The Bertz CT molecular complexity index is 554. The topological polar surface area (TPSA) is 36.9 Å². The first-order valence-corrected chi connectivity index (χ1v) is 8.22. The van der Waals surface area contributed by atoms with Crippen LogP contribution < -0.4 is 10.2 Å². The highest BCUT2D eigenvalue weighted by molar-refractivity contribution is 6.62. The molecule has 1 unspecified atom stereocenters. The summed E-state index contributed by atoms with van der Waals surface area (Å²) in [4.78, 5) is 0. The largest absolute Gasteiger partial charge is 0.497 e. The predicted molar refractivity (Wildman–Crippen MR) is 86.3 cm³/mol. The van der Waals surface area contributed by atoms with Crippen molar-refractivity contribution in [3.05, 3.63) is 24.0 Å². The highest BCUT2D eigenvalue weighted by atomic mass is 19.1. The predicted octanol–water partition coefficient (Wildman–Crippen LogP) is 3.03. The third-order valence-electron chi connectivity index (χ3n) is 4.88. The third-order valence-corrected chi connectivity index (χ3v) is 4.88. The summed E-state index contributed by atoms with van der Waals surface area (Å²) < 4.78 is 37.5. The Labute approximate surface area is 137 Å². The van der Waals surface area contributed by atoms with E-state index in [1.54, 1.807) is 12.1 Å². The van der Waals surface area contributed by atoms with Crippen LogP contribution in [0.15, 0.2) is 18.2 Å². The van der Waals surface area contributed by atoms with Crippen LogP contribution in [-0.2, 0) is 14.0 Å². The molecule has 1 aromatic carbocycles. The van der Waals surface area contributed by atoms with Gasteiger partial charge in [0.05, 0.1) is 17.8 Å². The van der Waals surface area contributed by atoms with Crippen LogP contribution in [0.4, 0.5) is 4.39 Å². The van der Waals surface area contributed by atoms with E-state index in [2.05, 4.69) is 0 Å². The molecule has 0 aromatic heterocycles. The van der Waals surface area contributed by atoms with Crippen molar-refractivity contribution in [2.24, 2.45) is 0 Å². The van der Waals surface area contributed by atoms with Gasteiger partial charge in [0.2, 0.25) is 0 Å². The fourth-order valence-electron chi connectivity index (χ4n) is 2.70. The second-order valence-corrected chi connectivity index (χ2v) is 7.19. The Morgan fingerprint density at radius 2 is 1.83 bits per heavy atom. The number of hydrogen-bond donors (Lipinski definition) is 0. The van der Waals surface area contributed by atoms with Crippen molar-refractivity contribution >= 4 is 12.6 Å². The minimum atomic E-state index is -0.708. The minimum Gasteiger partial charge on any atom is -0.465 e. The first kappa shape index (κ1) is 16.7. The molecule has 0 bridgehead atoms. The van der Waals surface area contributed by atoms with Crippen molar-refractivity contribution in [2.75, 3.05) is 6.61 Å². The number of benzene rings is 1. The average Bonchev–Trinajstić information content (AvgIpc) is 2.68. The SMILES string of the molecule is CC1(C)OB(c2ccc(OC3CCCCO3)cc2F)OC1(C)C. The number of rotatable bonds is 3. The highest BCUT2D eigenvalue weighted by Crippen LogP contribution is 2.36. The molecule has 6 heteroatoms. The molecule has 2 aliphatic heterocycles. The molecule has 0 radical (unpaired) electrons. The summed E-state index contributed by atoms with van der Waals surface area (Å²) in [7, 11) is -0.708. The quantitative estimate of drug-likeness (QED) is 0.802. The molecule has 1 atom stereocenters. The molecule has 0 amide bonds.